The number of H-pyrrole nitrogens is 1. The SMILES string of the molecule is C=CCCCC(CCCCC)[n+]1cc[nH]c1.[I-]. The van der Waals surface area contributed by atoms with Gasteiger partial charge in [0.25, 0.3) is 0 Å². The van der Waals surface area contributed by atoms with E-state index in [4.69, 9.17) is 0 Å². The molecule has 1 aromatic rings. The molecule has 0 aliphatic carbocycles. The molecule has 0 saturated carbocycles. The second-order valence-electron chi connectivity index (χ2n) is 4.43. The Bertz CT molecular complexity index is 270. The van der Waals surface area contributed by atoms with Gasteiger partial charge in [0.05, 0.1) is 0 Å². The van der Waals surface area contributed by atoms with Gasteiger partial charge in [-0.15, -0.1) is 6.58 Å². The summed E-state index contributed by atoms with van der Waals surface area (Å²) in [5.41, 5.74) is 0. The maximum atomic E-state index is 3.78. The van der Waals surface area contributed by atoms with Gasteiger partial charge in [0.1, 0.15) is 18.4 Å². The molecule has 0 spiro atoms. The second-order valence-corrected chi connectivity index (χ2v) is 4.43. The molecule has 98 valence electrons. The van der Waals surface area contributed by atoms with Crippen LogP contribution in [0.1, 0.15) is 57.9 Å². The van der Waals surface area contributed by atoms with E-state index in [1.807, 2.05) is 12.3 Å². The van der Waals surface area contributed by atoms with E-state index in [9.17, 15) is 0 Å². The topological polar surface area (TPSA) is 19.7 Å². The third-order valence-electron chi connectivity index (χ3n) is 3.07. The van der Waals surface area contributed by atoms with Crippen LogP contribution in [0.25, 0.3) is 0 Å². The predicted molar refractivity (Wildman–Crippen MR) is 68.2 cm³/mol. The molecular formula is C14H25IN2. The molecule has 2 nitrogen and oxygen atoms in total. The van der Waals surface area contributed by atoms with Gasteiger partial charge in [-0.25, -0.2) is 4.57 Å². The minimum absolute atomic E-state index is 0. The van der Waals surface area contributed by atoms with Gasteiger partial charge in [-0.3, -0.25) is 4.98 Å². The first-order valence-corrected chi connectivity index (χ1v) is 6.53. The largest absolute Gasteiger partial charge is 1.00 e. The first-order valence-electron chi connectivity index (χ1n) is 6.53. The van der Waals surface area contributed by atoms with E-state index in [0.29, 0.717) is 6.04 Å². The molecule has 0 amide bonds. The highest BCUT2D eigenvalue weighted by Crippen LogP contribution is 2.16. The molecule has 0 bridgehead atoms. The lowest BCUT2D eigenvalue weighted by Crippen LogP contribution is -3.00. The molecule has 0 aliphatic heterocycles. The summed E-state index contributed by atoms with van der Waals surface area (Å²) >= 11 is 0. The minimum atomic E-state index is 0. The Balaban J connectivity index is 0.00000256. The van der Waals surface area contributed by atoms with E-state index in [2.05, 4.69) is 35.6 Å². The van der Waals surface area contributed by atoms with Gasteiger partial charge in [-0.1, -0.05) is 25.8 Å². The predicted octanol–water partition coefficient (Wildman–Crippen LogP) is 0.784. The summed E-state index contributed by atoms with van der Waals surface area (Å²) in [5.74, 6) is 0. The number of halogens is 1. The van der Waals surface area contributed by atoms with Crippen LogP contribution in [-0.2, 0) is 0 Å². The van der Waals surface area contributed by atoms with Gasteiger partial charge in [0.2, 0.25) is 6.33 Å². The highest BCUT2D eigenvalue weighted by atomic mass is 127. The van der Waals surface area contributed by atoms with Crippen molar-refractivity contribution in [2.24, 2.45) is 0 Å². The van der Waals surface area contributed by atoms with Crippen molar-refractivity contribution in [1.82, 2.24) is 4.98 Å². The number of aromatic amines is 1. The highest BCUT2D eigenvalue weighted by molar-refractivity contribution is 4.67. The third kappa shape index (κ3) is 6.86. The Hall–Kier alpha value is -0.320. The molecule has 1 rings (SSSR count). The van der Waals surface area contributed by atoms with E-state index in [-0.39, 0.29) is 24.0 Å². The maximum Gasteiger partial charge on any atom is 0.241 e. The molecular weight excluding hydrogens is 323 g/mol. The third-order valence-corrected chi connectivity index (χ3v) is 3.07. The number of nitrogens with one attached hydrogen (secondary N) is 1. The van der Waals surface area contributed by atoms with Crippen LogP contribution in [0, 0.1) is 0 Å². The zero-order valence-corrected chi connectivity index (χ0v) is 13.0. The summed E-state index contributed by atoms with van der Waals surface area (Å²) in [6.07, 6.45) is 17.2. The number of rotatable bonds is 9. The van der Waals surface area contributed by atoms with Gasteiger partial charge < -0.3 is 24.0 Å². The lowest BCUT2D eigenvalue weighted by molar-refractivity contribution is -0.723. The second kappa shape index (κ2) is 10.8. The maximum absolute atomic E-state index is 3.78. The fourth-order valence-corrected chi connectivity index (χ4v) is 2.10. The van der Waals surface area contributed by atoms with Crippen molar-refractivity contribution in [2.45, 2.75) is 57.9 Å². The van der Waals surface area contributed by atoms with E-state index in [1.54, 1.807) is 0 Å². The average molecular weight is 348 g/mol. The first kappa shape index (κ1) is 16.7. The summed E-state index contributed by atoms with van der Waals surface area (Å²) in [7, 11) is 0. The monoisotopic (exact) mass is 348 g/mol. The van der Waals surface area contributed by atoms with E-state index in [0.717, 1.165) is 6.42 Å². The molecule has 1 N–H and O–H groups in total. The summed E-state index contributed by atoms with van der Waals surface area (Å²) in [6, 6.07) is 0.665. The Labute approximate surface area is 123 Å². The van der Waals surface area contributed by atoms with Crippen LogP contribution in [0.15, 0.2) is 31.4 Å². The molecule has 17 heavy (non-hydrogen) atoms. The Kier molecular flexibility index (Phi) is 10.6. The van der Waals surface area contributed by atoms with Crippen molar-refractivity contribution in [3.05, 3.63) is 31.4 Å². The van der Waals surface area contributed by atoms with Crippen LogP contribution in [-0.4, -0.2) is 4.98 Å². The van der Waals surface area contributed by atoms with Gasteiger partial charge >= 0.3 is 0 Å². The Morgan fingerprint density at radius 1 is 1.29 bits per heavy atom. The Morgan fingerprint density at radius 2 is 2.06 bits per heavy atom. The number of hydrogen-bond donors (Lipinski definition) is 1. The number of imidazole rings is 1. The zero-order chi connectivity index (χ0) is 11.6. The number of hydrogen-bond acceptors (Lipinski definition) is 0. The van der Waals surface area contributed by atoms with Crippen molar-refractivity contribution in [3.63, 3.8) is 0 Å². The first-order chi connectivity index (χ1) is 7.88. The normalized spacial score (nSPS) is 11.8. The van der Waals surface area contributed by atoms with Crippen LogP contribution in [0.5, 0.6) is 0 Å². The van der Waals surface area contributed by atoms with Crippen LogP contribution in [0.2, 0.25) is 0 Å². The quantitative estimate of drug-likeness (QED) is 0.295. The van der Waals surface area contributed by atoms with Crippen molar-refractivity contribution in [1.29, 1.82) is 0 Å². The number of allylic oxidation sites excluding steroid dienone is 1. The fourth-order valence-electron chi connectivity index (χ4n) is 2.10. The zero-order valence-electron chi connectivity index (χ0n) is 10.9. The molecule has 0 aromatic carbocycles. The van der Waals surface area contributed by atoms with Crippen LogP contribution in [0.4, 0.5) is 0 Å². The standard InChI is InChI=1S/C14H24N2.HI/c1-3-5-7-9-14(10-8-6-4-2)16-12-11-15-13-16;/h3,11-14H,1,4-10H2,2H3;1H. The molecule has 1 unspecified atom stereocenters. The molecule has 0 radical (unpaired) electrons. The summed E-state index contributed by atoms with van der Waals surface area (Å²) in [5, 5.41) is 0. The van der Waals surface area contributed by atoms with Gasteiger partial charge in [0, 0.05) is 0 Å². The van der Waals surface area contributed by atoms with Crippen molar-refractivity contribution in [3.8, 4) is 0 Å². The van der Waals surface area contributed by atoms with Crippen LogP contribution >= 0.6 is 0 Å². The van der Waals surface area contributed by atoms with Crippen LogP contribution in [0.3, 0.4) is 0 Å². The molecule has 1 heterocycles. The van der Waals surface area contributed by atoms with Gasteiger partial charge in [-0.05, 0) is 32.1 Å². The molecule has 0 fully saturated rings. The minimum Gasteiger partial charge on any atom is -1.00 e. The molecule has 0 aliphatic rings. The molecule has 0 saturated heterocycles. The lowest BCUT2D eigenvalue weighted by atomic mass is 10.0. The van der Waals surface area contributed by atoms with Gasteiger partial charge in [0.15, 0.2) is 0 Å². The van der Waals surface area contributed by atoms with E-state index < -0.39 is 0 Å². The fraction of sp³-hybridized carbons (Fsp3) is 0.643. The van der Waals surface area contributed by atoms with E-state index >= 15 is 0 Å². The summed E-state index contributed by atoms with van der Waals surface area (Å²) in [6.45, 7) is 6.04. The molecule has 3 heteroatoms. The van der Waals surface area contributed by atoms with E-state index in [1.165, 1.54) is 38.5 Å². The van der Waals surface area contributed by atoms with Gasteiger partial charge in [-0.2, -0.15) is 0 Å². The Morgan fingerprint density at radius 3 is 2.65 bits per heavy atom. The summed E-state index contributed by atoms with van der Waals surface area (Å²) < 4.78 is 2.32. The number of unbranched alkanes of at least 4 members (excludes halogenated alkanes) is 3. The number of aromatic nitrogens is 2. The van der Waals surface area contributed by atoms with Crippen molar-refractivity contribution >= 4 is 0 Å². The smallest absolute Gasteiger partial charge is 0.241 e. The van der Waals surface area contributed by atoms with Crippen molar-refractivity contribution < 1.29 is 28.5 Å². The summed E-state index contributed by atoms with van der Waals surface area (Å²) in [4.78, 5) is 3.13. The molecule has 1 atom stereocenters. The van der Waals surface area contributed by atoms with Crippen molar-refractivity contribution in [2.75, 3.05) is 0 Å². The lowest BCUT2D eigenvalue weighted by Gasteiger charge is -2.12. The van der Waals surface area contributed by atoms with Crippen LogP contribution < -0.4 is 28.5 Å². The molecule has 1 aromatic heterocycles. The average Bonchev–Trinajstić information content (AvgIpc) is 2.81. The highest BCUT2D eigenvalue weighted by Gasteiger charge is 2.14. The number of nitrogens with zero attached hydrogens (tertiary/aromatic N) is 1.